The number of fused-ring (bicyclic) bond motifs is 1. The van der Waals surface area contributed by atoms with Crippen LogP contribution in [0.25, 0.3) is 22.5 Å². The Morgan fingerprint density at radius 3 is 2.46 bits per heavy atom. The highest BCUT2D eigenvalue weighted by Gasteiger charge is 2.16. The van der Waals surface area contributed by atoms with Crippen LogP contribution in [0.3, 0.4) is 0 Å². The molecule has 0 radical (unpaired) electrons. The molecule has 0 unspecified atom stereocenters. The molecule has 2 aromatic carbocycles. The summed E-state index contributed by atoms with van der Waals surface area (Å²) >= 11 is 0. The average Bonchev–Trinajstić information content (AvgIpc) is 3.32. The van der Waals surface area contributed by atoms with Gasteiger partial charge in [0.25, 0.3) is 0 Å². The van der Waals surface area contributed by atoms with Crippen LogP contribution in [-0.4, -0.2) is 11.1 Å². The summed E-state index contributed by atoms with van der Waals surface area (Å²) in [6.45, 7) is 6.42. The van der Waals surface area contributed by atoms with E-state index in [2.05, 4.69) is 25.9 Å². The molecule has 28 heavy (non-hydrogen) atoms. The van der Waals surface area contributed by atoms with Gasteiger partial charge in [-0.3, -0.25) is 0 Å². The van der Waals surface area contributed by atoms with Crippen LogP contribution in [0.4, 0.5) is 0 Å². The number of benzene rings is 2. The fraction of sp³-hybridized carbons (Fsp3) is 0.217. The fourth-order valence-corrected chi connectivity index (χ4v) is 2.93. The molecular formula is C23H21NO4. The predicted molar refractivity (Wildman–Crippen MR) is 106 cm³/mol. The summed E-state index contributed by atoms with van der Waals surface area (Å²) < 4.78 is 16.5. The number of carbonyl (C=O) groups excluding carboxylic acids is 1. The summed E-state index contributed by atoms with van der Waals surface area (Å²) in [6.07, 6.45) is 0. The van der Waals surface area contributed by atoms with E-state index in [0.29, 0.717) is 22.8 Å². The fourth-order valence-electron chi connectivity index (χ4n) is 2.93. The van der Waals surface area contributed by atoms with Crippen molar-refractivity contribution in [3.8, 4) is 11.5 Å². The highest BCUT2D eigenvalue weighted by atomic mass is 16.5. The second-order valence-corrected chi connectivity index (χ2v) is 7.73. The molecule has 4 rings (SSSR count). The molecule has 2 aromatic heterocycles. The monoisotopic (exact) mass is 375 g/mol. The first kappa shape index (κ1) is 18.0. The van der Waals surface area contributed by atoms with Gasteiger partial charge >= 0.3 is 5.97 Å². The second kappa shape index (κ2) is 7.00. The number of hydrogen-bond donors (Lipinski definition) is 0. The van der Waals surface area contributed by atoms with Crippen LogP contribution in [0.5, 0.6) is 0 Å². The van der Waals surface area contributed by atoms with E-state index in [4.69, 9.17) is 13.7 Å². The number of nitrogens with zero attached hydrogens (tertiary/aromatic N) is 1. The van der Waals surface area contributed by atoms with Crippen molar-refractivity contribution >= 4 is 16.9 Å². The normalized spacial score (nSPS) is 11.7. The molecule has 0 N–H and O–H groups in total. The minimum Gasteiger partial charge on any atom is -0.455 e. The van der Waals surface area contributed by atoms with E-state index in [-0.39, 0.29) is 12.0 Å². The van der Waals surface area contributed by atoms with Gasteiger partial charge in [0.15, 0.2) is 5.76 Å². The van der Waals surface area contributed by atoms with E-state index in [0.717, 1.165) is 16.5 Å². The van der Waals surface area contributed by atoms with Gasteiger partial charge in [0.2, 0.25) is 5.76 Å². The van der Waals surface area contributed by atoms with Crippen molar-refractivity contribution < 1.29 is 18.5 Å². The van der Waals surface area contributed by atoms with Gasteiger partial charge in [0.05, 0.1) is 5.56 Å². The largest absolute Gasteiger partial charge is 0.455 e. The molecule has 2 heterocycles. The lowest BCUT2D eigenvalue weighted by Crippen LogP contribution is -2.12. The Kier molecular flexibility index (Phi) is 4.51. The molecule has 142 valence electrons. The Bertz CT molecular complexity index is 1080. The Morgan fingerprint density at radius 2 is 1.75 bits per heavy atom. The minimum atomic E-state index is -0.395. The van der Waals surface area contributed by atoms with Crippen molar-refractivity contribution in [2.75, 3.05) is 0 Å². The van der Waals surface area contributed by atoms with Crippen molar-refractivity contribution in [1.29, 1.82) is 0 Å². The van der Waals surface area contributed by atoms with Gasteiger partial charge in [-0.05, 0) is 35.2 Å². The predicted octanol–water partition coefficient (Wildman–Crippen LogP) is 5.74. The third kappa shape index (κ3) is 3.69. The summed E-state index contributed by atoms with van der Waals surface area (Å²) in [5.41, 5.74) is 3.01. The first-order valence-electron chi connectivity index (χ1n) is 9.12. The quantitative estimate of drug-likeness (QED) is 0.425. The van der Waals surface area contributed by atoms with E-state index < -0.39 is 5.97 Å². The number of furan rings is 1. The molecule has 0 atom stereocenters. The van der Waals surface area contributed by atoms with Crippen LogP contribution in [0.15, 0.2) is 69.6 Å². The third-order valence-electron chi connectivity index (χ3n) is 4.57. The van der Waals surface area contributed by atoms with Crippen LogP contribution in [-0.2, 0) is 16.8 Å². The topological polar surface area (TPSA) is 65.5 Å². The molecule has 0 fully saturated rings. The second-order valence-electron chi connectivity index (χ2n) is 7.73. The number of ether oxygens (including phenoxy) is 1. The number of hydrogen-bond acceptors (Lipinski definition) is 5. The molecule has 0 aliphatic rings. The zero-order chi connectivity index (χ0) is 19.7. The highest BCUT2D eigenvalue weighted by Crippen LogP contribution is 2.28. The first-order chi connectivity index (χ1) is 13.4. The molecule has 5 heteroatoms. The molecule has 0 saturated carbocycles. The van der Waals surface area contributed by atoms with Gasteiger partial charge in [-0.15, -0.1) is 0 Å². The maximum atomic E-state index is 12.3. The van der Waals surface area contributed by atoms with Crippen molar-refractivity contribution in [3.63, 3.8) is 0 Å². The van der Waals surface area contributed by atoms with Gasteiger partial charge < -0.3 is 13.7 Å². The van der Waals surface area contributed by atoms with Crippen LogP contribution < -0.4 is 0 Å². The Morgan fingerprint density at radius 1 is 1.00 bits per heavy atom. The maximum absolute atomic E-state index is 12.3. The Hall–Kier alpha value is -3.34. The van der Waals surface area contributed by atoms with E-state index in [1.54, 1.807) is 18.2 Å². The van der Waals surface area contributed by atoms with Crippen molar-refractivity contribution in [2.24, 2.45) is 0 Å². The number of carbonyl (C=O) groups is 1. The summed E-state index contributed by atoms with van der Waals surface area (Å²) in [6, 6.07) is 18.8. The maximum Gasteiger partial charge on any atom is 0.338 e. The molecule has 0 saturated heterocycles. The molecule has 0 aliphatic carbocycles. The van der Waals surface area contributed by atoms with E-state index in [9.17, 15) is 4.79 Å². The number of rotatable bonds is 4. The summed E-state index contributed by atoms with van der Waals surface area (Å²) in [7, 11) is 0. The lowest BCUT2D eigenvalue weighted by atomic mass is 9.87. The molecule has 0 spiro atoms. The molecule has 0 aliphatic heterocycles. The van der Waals surface area contributed by atoms with Gasteiger partial charge in [-0.25, -0.2) is 4.79 Å². The number of aromatic nitrogens is 1. The van der Waals surface area contributed by atoms with Gasteiger partial charge in [0, 0.05) is 11.5 Å². The third-order valence-corrected chi connectivity index (χ3v) is 4.57. The number of para-hydroxylation sites is 1. The first-order valence-corrected chi connectivity index (χ1v) is 9.12. The van der Waals surface area contributed by atoms with Crippen molar-refractivity contribution in [1.82, 2.24) is 5.16 Å². The van der Waals surface area contributed by atoms with Crippen molar-refractivity contribution in [3.05, 3.63) is 77.5 Å². The van der Waals surface area contributed by atoms with Crippen molar-refractivity contribution in [2.45, 2.75) is 32.8 Å². The molecular weight excluding hydrogens is 354 g/mol. The Labute approximate surface area is 162 Å². The SMILES string of the molecule is CC(C)(C)c1ccc(C(=O)OCc2cc(-c3cc4ccccc4o3)on2)cc1. The van der Waals surface area contributed by atoms with Crippen LogP contribution >= 0.6 is 0 Å². The smallest absolute Gasteiger partial charge is 0.338 e. The zero-order valence-electron chi connectivity index (χ0n) is 16.1. The lowest BCUT2D eigenvalue weighted by molar-refractivity contribution is 0.0464. The molecule has 0 amide bonds. The van der Waals surface area contributed by atoms with Gasteiger partial charge in [-0.2, -0.15) is 0 Å². The zero-order valence-corrected chi connectivity index (χ0v) is 16.1. The number of esters is 1. The lowest BCUT2D eigenvalue weighted by Gasteiger charge is -2.18. The minimum absolute atomic E-state index is 0.0313. The Balaban J connectivity index is 1.42. The average molecular weight is 375 g/mol. The molecule has 4 aromatic rings. The highest BCUT2D eigenvalue weighted by molar-refractivity contribution is 5.89. The van der Waals surface area contributed by atoms with Crippen LogP contribution in [0.2, 0.25) is 0 Å². The summed E-state index contributed by atoms with van der Waals surface area (Å²) in [5.74, 6) is 0.689. The summed E-state index contributed by atoms with van der Waals surface area (Å²) in [5, 5.41) is 4.95. The van der Waals surface area contributed by atoms with Crippen LogP contribution in [0.1, 0.15) is 42.4 Å². The molecule has 0 bridgehead atoms. The van der Waals surface area contributed by atoms with Crippen LogP contribution in [0, 0.1) is 0 Å². The molecule has 5 nitrogen and oxygen atoms in total. The van der Waals surface area contributed by atoms with E-state index in [1.807, 2.05) is 42.5 Å². The van der Waals surface area contributed by atoms with E-state index >= 15 is 0 Å². The van der Waals surface area contributed by atoms with Gasteiger partial charge in [0.1, 0.15) is 17.9 Å². The van der Waals surface area contributed by atoms with Gasteiger partial charge in [-0.1, -0.05) is 56.3 Å². The summed E-state index contributed by atoms with van der Waals surface area (Å²) in [4.78, 5) is 12.3. The van der Waals surface area contributed by atoms with E-state index in [1.165, 1.54) is 0 Å². The standard InChI is InChI=1S/C23H21NO4/c1-23(2,3)17-10-8-15(9-11-17)22(25)26-14-18-13-21(28-24-18)20-12-16-6-4-5-7-19(16)27-20/h4-13H,14H2,1-3H3.